The number of aliphatic hydroxyl groups is 6. The van der Waals surface area contributed by atoms with Crippen molar-refractivity contribution in [3.8, 4) is 0 Å². The molecule has 11 fully saturated rings. The van der Waals surface area contributed by atoms with Gasteiger partial charge in [0.2, 0.25) is 0 Å². The van der Waals surface area contributed by atoms with Crippen molar-refractivity contribution in [2.24, 2.45) is 133 Å². The highest BCUT2D eigenvalue weighted by Gasteiger charge is 2.64. The van der Waals surface area contributed by atoms with E-state index in [1.807, 2.05) is 6.92 Å². The molecule has 6 nitrogen and oxygen atoms in total. The highest BCUT2D eigenvalue weighted by molar-refractivity contribution is 5.27. The van der Waals surface area contributed by atoms with E-state index in [0.29, 0.717) is 32.5 Å². The number of rotatable bonds is 15. The molecule has 12 aliphatic rings. The fourth-order valence-electron chi connectivity index (χ4n) is 27.2. The van der Waals surface area contributed by atoms with Gasteiger partial charge in [-0.05, 0) is 379 Å². The molecule has 12 rings (SSSR count). The summed E-state index contributed by atoms with van der Waals surface area (Å²) >= 11 is 0. The number of hydrogen-bond acceptors (Lipinski definition) is 6. The lowest BCUT2D eigenvalue weighted by Crippen LogP contribution is -2.55. The van der Waals surface area contributed by atoms with Crippen LogP contribution < -0.4 is 0 Å². The van der Waals surface area contributed by atoms with Gasteiger partial charge in [-0.1, -0.05) is 94.7 Å². The maximum absolute atomic E-state index is 10.7. The van der Waals surface area contributed by atoms with Crippen LogP contribution in [0.1, 0.15) is 329 Å². The zero-order chi connectivity index (χ0) is 63.1. The van der Waals surface area contributed by atoms with Crippen molar-refractivity contribution in [3.05, 3.63) is 11.6 Å². The van der Waals surface area contributed by atoms with Crippen molar-refractivity contribution in [2.75, 3.05) is 0 Å². The Hall–Kier alpha value is -0.500. The number of aliphatic hydroxyl groups excluding tert-OH is 3. The van der Waals surface area contributed by atoms with Crippen molar-refractivity contribution < 1.29 is 30.6 Å². The molecule has 0 saturated heterocycles. The van der Waals surface area contributed by atoms with Crippen LogP contribution in [0.4, 0.5) is 0 Å². The third-order valence-electron chi connectivity index (χ3n) is 32.8. The minimum absolute atomic E-state index is 0.100. The van der Waals surface area contributed by atoms with Gasteiger partial charge in [-0.3, -0.25) is 0 Å². The van der Waals surface area contributed by atoms with Gasteiger partial charge in [0, 0.05) is 0 Å². The summed E-state index contributed by atoms with van der Waals surface area (Å²) in [5, 5.41) is 62.2. The lowest BCUT2D eigenvalue weighted by molar-refractivity contribution is -0.148. The third kappa shape index (κ3) is 13.2. The van der Waals surface area contributed by atoms with E-state index in [1.165, 1.54) is 148 Å². The van der Waals surface area contributed by atoms with Crippen LogP contribution >= 0.6 is 0 Å². The summed E-state index contributed by atoms with van der Waals surface area (Å²) in [5.41, 5.74) is 3.09. The lowest BCUT2D eigenvalue weighted by atomic mass is 9.43. The monoisotopic (exact) mass is 1210 g/mol. The van der Waals surface area contributed by atoms with Crippen LogP contribution in [-0.2, 0) is 0 Å². The van der Waals surface area contributed by atoms with Crippen molar-refractivity contribution in [1.29, 1.82) is 0 Å². The molecular weight excluding hydrogens is 1070 g/mol. The molecular formula is C81H142O6. The van der Waals surface area contributed by atoms with Crippen LogP contribution in [0.15, 0.2) is 11.6 Å². The number of fused-ring (bicyclic) bond motifs is 15. The maximum Gasteiger partial charge on any atom is 0.0657 e. The van der Waals surface area contributed by atoms with Crippen LogP contribution in [0.2, 0.25) is 0 Å². The molecule has 0 radical (unpaired) electrons. The van der Waals surface area contributed by atoms with Gasteiger partial charge in [-0.2, -0.15) is 0 Å². The molecule has 87 heavy (non-hydrogen) atoms. The summed E-state index contributed by atoms with van der Waals surface area (Å²) in [4.78, 5) is 0. The van der Waals surface area contributed by atoms with E-state index in [2.05, 4.69) is 103 Å². The Kier molecular flexibility index (Phi) is 20.9. The summed E-state index contributed by atoms with van der Waals surface area (Å²) in [6.45, 7) is 35.6. The second-order valence-electron chi connectivity index (χ2n) is 37.7. The smallest absolute Gasteiger partial charge is 0.0657 e. The Labute approximate surface area is 536 Å². The van der Waals surface area contributed by atoms with Crippen LogP contribution in [0.3, 0.4) is 0 Å². The molecule has 0 heterocycles. The van der Waals surface area contributed by atoms with Crippen LogP contribution in [0.5, 0.6) is 0 Å². The Morgan fingerprint density at radius 1 is 0.368 bits per heavy atom. The average molecular weight is 1210 g/mol. The molecule has 0 aromatic carbocycles. The van der Waals surface area contributed by atoms with Gasteiger partial charge >= 0.3 is 0 Å². The standard InChI is InChI=1S/2C27H48O2.C27H46O2/c3*1-6-20(28)9-7-18(2)22-11-12-23-21-10-8-19-17-25(3,29)15-16-26(19,4)24(21)13-14-27(22,23)5/h2*18-24,28-29H,6-17H2,1-5H3;8,18,20-24,28-29H,6-7,9-17H2,1-5H3/t18-,19+,20+,21+,22-,23+,24+,25+,26+,27-;18-,19-,20+,21+,22-,23+,24+,25+,26+,27-;18-,20+,21+,22-,23+,24+,25+,26+,27-/m111/s1. The van der Waals surface area contributed by atoms with E-state index in [0.717, 1.165) is 178 Å². The third-order valence-corrected chi connectivity index (χ3v) is 32.8. The van der Waals surface area contributed by atoms with E-state index >= 15 is 0 Å². The second kappa shape index (κ2) is 26.3. The molecule has 12 aliphatic carbocycles. The number of allylic oxidation sites excluding steroid dienone is 1. The molecule has 11 saturated carbocycles. The lowest BCUT2D eigenvalue weighted by Gasteiger charge is -2.62. The van der Waals surface area contributed by atoms with Gasteiger partial charge in [0.15, 0.2) is 0 Å². The minimum Gasteiger partial charge on any atom is -0.393 e. The summed E-state index contributed by atoms with van der Waals surface area (Å²) in [6, 6.07) is 0. The predicted molar refractivity (Wildman–Crippen MR) is 362 cm³/mol. The summed E-state index contributed by atoms with van der Waals surface area (Å²) < 4.78 is 0. The Morgan fingerprint density at radius 2 is 0.713 bits per heavy atom. The molecule has 0 aromatic heterocycles. The first-order chi connectivity index (χ1) is 40.8. The van der Waals surface area contributed by atoms with Crippen LogP contribution in [0, 0.1) is 133 Å². The molecule has 6 N–H and O–H groups in total. The Morgan fingerprint density at radius 3 is 1.09 bits per heavy atom. The van der Waals surface area contributed by atoms with Gasteiger partial charge in [0.05, 0.1) is 35.1 Å². The maximum atomic E-state index is 10.7. The van der Waals surface area contributed by atoms with E-state index < -0.39 is 16.8 Å². The molecule has 6 heteroatoms. The number of hydrogen-bond donors (Lipinski definition) is 6. The van der Waals surface area contributed by atoms with Crippen molar-refractivity contribution in [2.45, 2.75) is 364 Å². The van der Waals surface area contributed by atoms with Crippen molar-refractivity contribution in [3.63, 3.8) is 0 Å². The fraction of sp³-hybridized carbons (Fsp3) is 0.975. The molecule has 0 aliphatic heterocycles. The molecule has 0 amide bonds. The highest BCUT2D eigenvalue weighted by Crippen LogP contribution is 2.72. The van der Waals surface area contributed by atoms with E-state index in [-0.39, 0.29) is 18.3 Å². The zero-order valence-corrected chi connectivity index (χ0v) is 59.6. The predicted octanol–water partition coefficient (Wildman–Crippen LogP) is 19.7. The van der Waals surface area contributed by atoms with Gasteiger partial charge in [0.25, 0.3) is 0 Å². The summed E-state index contributed by atoms with van der Waals surface area (Å²) in [7, 11) is 0. The van der Waals surface area contributed by atoms with Crippen LogP contribution in [-0.4, -0.2) is 65.8 Å². The topological polar surface area (TPSA) is 121 Å². The van der Waals surface area contributed by atoms with Gasteiger partial charge in [-0.25, -0.2) is 0 Å². The van der Waals surface area contributed by atoms with Crippen molar-refractivity contribution >= 4 is 0 Å². The first-order valence-corrected chi connectivity index (χ1v) is 38.7. The average Bonchev–Trinajstić information content (AvgIpc) is 1.73. The van der Waals surface area contributed by atoms with Crippen molar-refractivity contribution in [1.82, 2.24) is 0 Å². The van der Waals surface area contributed by atoms with E-state index in [9.17, 15) is 30.6 Å². The molecule has 0 bridgehead atoms. The first kappa shape index (κ1) is 69.3. The SMILES string of the molecule is CC[C@H](O)CC[C@@H](C)[C@H]1CC[C@H]2[C@@H]3CC=C4C[C@@](C)(O)CC[C@]4(C)[C@H]3CC[C@]12C.CC[C@H](O)CC[C@@H](C)[C@H]1CC[C@H]2[C@@H]3CC[C@@H]4C[C@@](C)(O)CC[C@]4(C)[C@H]3CC[C@]12C.CC[C@H](O)CC[C@@H](C)[C@H]1CC[C@H]2[C@@H]3CC[C@H]4C[C@@](C)(O)CC[C@]4(C)[C@H]3CC[C@]12C. The first-order valence-electron chi connectivity index (χ1n) is 38.7. The van der Waals surface area contributed by atoms with E-state index in [4.69, 9.17) is 0 Å². The summed E-state index contributed by atoms with van der Waals surface area (Å²) in [6.07, 6.45) is 44.9. The molecule has 502 valence electrons. The summed E-state index contributed by atoms with van der Waals surface area (Å²) in [5.74, 6) is 14.3. The zero-order valence-electron chi connectivity index (χ0n) is 59.6. The Balaban J connectivity index is 0.000000144. The van der Waals surface area contributed by atoms with E-state index in [1.54, 1.807) is 5.57 Å². The molecule has 29 atom stereocenters. The van der Waals surface area contributed by atoms with Gasteiger partial charge in [-0.15, -0.1) is 0 Å². The second-order valence-corrected chi connectivity index (χ2v) is 37.7. The van der Waals surface area contributed by atoms with Gasteiger partial charge in [0.1, 0.15) is 0 Å². The molecule has 0 unspecified atom stereocenters. The Bertz CT molecular complexity index is 2200. The molecule has 0 aromatic rings. The highest BCUT2D eigenvalue weighted by atomic mass is 16.3. The normalized spacial score (nSPS) is 50.7. The largest absolute Gasteiger partial charge is 0.393 e. The molecule has 0 spiro atoms. The minimum atomic E-state index is -0.488. The van der Waals surface area contributed by atoms with Crippen LogP contribution in [0.25, 0.3) is 0 Å². The quantitative estimate of drug-likeness (QED) is 0.0909. The fourth-order valence-corrected chi connectivity index (χ4v) is 27.2. The van der Waals surface area contributed by atoms with Gasteiger partial charge < -0.3 is 30.6 Å².